The lowest BCUT2D eigenvalue weighted by Crippen LogP contribution is -2.47. The molecule has 0 bridgehead atoms. The molecule has 14 heteroatoms. The van der Waals surface area contributed by atoms with Crippen LogP contribution in [-0.2, 0) is 19.2 Å². The van der Waals surface area contributed by atoms with E-state index in [1.807, 2.05) is 35.2 Å². The van der Waals surface area contributed by atoms with E-state index in [1.165, 1.54) is 36.8 Å². The molecule has 0 radical (unpaired) electrons. The van der Waals surface area contributed by atoms with E-state index in [9.17, 15) is 19.2 Å². The van der Waals surface area contributed by atoms with E-state index in [0.29, 0.717) is 60.1 Å². The summed E-state index contributed by atoms with van der Waals surface area (Å²) in [5.41, 5.74) is 6.41. The van der Waals surface area contributed by atoms with E-state index < -0.39 is 0 Å². The van der Waals surface area contributed by atoms with Gasteiger partial charge in [-0.05, 0) is 132 Å². The number of nitrogens with zero attached hydrogens (tertiary/aromatic N) is 6. The summed E-state index contributed by atoms with van der Waals surface area (Å²) in [5.74, 6) is 1.44. The van der Waals surface area contributed by atoms with Crippen molar-refractivity contribution in [1.29, 1.82) is 0 Å². The summed E-state index contributed by atoms with van der Waals surface area (Å²) in [4.78, 5) is 67.0. The number of likely N-dealkylation sites (tertiary alicyclic amines) is 2. The monoisotopic (exact) mass is 817 g/mol. The molecule has 4 aromatic rings. The van der Waals surface area contributed by atoms with Gasteiger partial charge in [0.05, 0.1) is 52.6 Å². The van der Waals surface area contributed by atoms with Gasteiger partial charge in [0.15, 0.2) is 0 Å². The van der Waals surface area contributed by atoms with Gasteiger partial charge in [0.1, 0.15) is 12.3 Å². The number of anilines is 4. The molecule has 4 saturated heterocycles. The van der Waals surface area contributed by atoms with Gasteiger partial charge in [0.25, 0.3) is 0 Å². The third-order valence-electron chi connectivity index (χ3n) is 12.6. The van der Waals surface area contributed by atoms with Crippen molar-refractivity contribution in [2.75, 3.05) is 61.8 Å². The summed E-state index contributed by atoms with van der Waals surface area (Å²) in [6, 6.07) is 18.4. The van der Waals surface area contributed by atoms with E-state index in [4.69, 9.17) is 16.6 Å². The number of benzene rings is 2. The molecule has 1 unspecified atom stereocenters. The number of carbonyl (C=O) groups is 4. The first-order valence-electron chi connectivity index (χ1n) is 20.9. The fourth-order valence-electron chi connectivity index (χ4n) is 8.78. The first-order valence-corrected chi connectivity index (χ1v) is 21.3. The number of aldehydes is 1. The van der Waals surface area contributed by atoms with Gasteiger partial charge in [0, 0.05) is 24.2 Å². The molecule has 3 amide bonds. The predicted octanol–water partition coefficient (Wildman–Crippen LogP) is 6.54. The van der Waals surface area contributed by atoms with Crippen LogP contribution in [0, 0.1) is 5.41 Å². The molecule has 1 saturated carbocycles. The largest absolute Gasteiger partial charge is 0.374 e. The normalized spacial score (nSPS) is 21.2. The Balaban J connectivity index is 0.000000188. The van der Waals surface area contributed by atoms with Gasteiger partial charge in [-0.25, -0.2) is 9.97 Å². The second kappa shape index (κ2) is 17.9. The van der Waals surface area contributed by atoms with E-state index in [1.54, 1.807) is 18.6 Å². The number of halogens is 1. The molecule has 2 aromatic heterocycles. The van der Waals surface area contributed by atoms with Crippen LogP contribution in [-0.4, -0.2) is 101 Å². The summed E-state index contributed by atoms with van der Waals surface area (Å²) in [6.45, 7) is 4.96. The highest BCUT2D eigenvalue weighted by molar-refractivity contribution is 6.32. The van der Waals surface area contributed by atoms with Crippen molar-refractivity contribution in [2.24, 2.45) is 5.41 Å². The van der Waals surface area contributed by atoms with Crippen LogP contribution in [0.15, 0.2) is 73.2 Å². The van der Waals surface area contributed by atoms with Crippen molar-refractivity contribution in [2.45, 2.75) is 75.7 Å². The van der Waals surface area contributed by atoms with Crippen LogP contribution >= 0.6 is 11.6 Å². The number of nitrogens with one attached hydrogen (secondary N) is 3. The van der Waals surface area contributed by atoms with Crippen LogP contribution < -0.4 is 20.9 Å². The molecular formula is C45H52ClN9O4. The van der Waals surface area contributed by atoms with Gasteiger partial charge in [0.2, 0.25) is 23.7 Å². The predicted molar refractivity (Wildman–Crippen MR) is 229 cm³/mol. The second-order valence-corrected chi connectivity index (χ2v) is 17.1. The van der Waals surface area contributed by atoms with Gasteiger partial charge in [-0.3, -0.25) is 29.6 Å². The average Bonchev–Trinajstić information content (AvgIpc) is 4.06. The first kappa shape index (κ1) is 40.5. The Labute approximate surface area is 350 Å². The maximum atomic E-state index is 13.5. The lowest BCUT2D eigenvalue weighted by Gasteiger charge is -2.37. The quantitative estimate of drug-likeness (QED) is 0.118. The van der Waals surface area contributed by atoms with Crippen molar-refractivity contribution < 1.29 is 19.2 Å². The zero-order chi connectivity index (χ0) is 40.9. The van der Waals surface area contributed by atoms with Crippen LogP contribution in [0.1, 0.15) is 80.8 Å². The minimum atomic E-state index is -0.341. The third kappa shape index (κ3) is 9.64. The highest BCUT2D eigenvalue weighted by Crippen LogP contribution is 2.44. The number of aromatic nitrogens is 3. The van der Waals surface area contributed by atoms with Gasteiger partial charge in [-0.1, -0.05) is 41.9 Å². The number of pyridine rings is 1. The second-order valence-electron chi connectivity index (χ2n) is 16.6. The lowest BCUT2D eigenvalue weighted by molar-refractivity contribution is -0.133. The van der Waals surface area contributed by atoms with Crippen molar-refractivity contribution in [3.05, 3.63) is 89.3 Å². The molecule has 1 spiro atoms. The van der Waals surface area contributed by atoms with Gasteiger partial charge in [-0.2, -0.15) is 0 Å². The zero-order valence-electron chi connectivity index (χ0n) is 33.5. The molecule has 6 heterocycles. The molecule has 3 N–H and O–H groups in total. The number of rotatable bonds is 10. The van der Waals surface area contributed by atoms with Crippen molar-refractivity contribution in [1.82, 2.24) is 30.1 Å². The van der Waals surface area contributed by atoms with E-state index in [-0.39, 0.29) is 29.2 Å². The lowest BCUT2D eigenvalue weighted by atomic mass is 9.77. The van der Waals surface area contributed by atoms with Crippen LogP contribution in [0.4, 0.5) is 23.0 Å². The Kier molecular flexibility index (Phi) is 12.3. The number of imide groups is 1. The minimum Gasteiger partial charge on any atom is -0.374 e. The molecule has 308 valence electrons. The Morgan fingerprint density at radius 3 is 2.32 bits per heavy atom. The smallest absolute Gasteiger partial charge is 0.249 e. The Bertz CT molecular complexity index is 2160. The van der Waals surface area contributed by atoms with E-state index >= 15 is 0 Å². The molecule has 59 heavy (non-hydrogen) atoms. The highest BCUT2D eigenvalue weighted by Gasteiger charge is 2.48. The summed E-state index contributed by atoms with van der Waals surface area (Å²) in [5, 5.41) is 9.32. The maximum absolute atomic E-state index is 13.5. The first-order chi connectivity index (χ1) is 28.7. The summed E-state index contributed by atoms with van der Waals surface area (Å²) in [6.07, 6.45) is 14.2. The number of carbonyl (C=O) groups excluding carboxylic acids is 4. The summed E-state index contributed by atoms with van der Waals surface area (Å²) >= 11 is 6.48. The minimum absolute atomic E-state index is 0.151. The molecule has 5 fully saturated rings. The van der Waals surface area contributed by atoms with Crippen molar-refractivity contribution in [3.63, 3.8) is 0 Å². The highest BCUT2D eigenvalue weighted by atomic mass is 35.5. The Morgan fingerprint density at radius 2 is 1.59 bits per heavy atom. The van der Waals surface area contributed by atoms with Gasteiger partial charge in [-0.15, -0.1) is 0 Å². The number of hydrogen-bond donors (Lipinski definition) is 3. The van der Waals surface area contributed by atoms with Crippen molar-refractivity contribution >= 4 is 58.6 Å². The van der Waals surface area contributed by atoms with Crippen LogP contribution in [0.5, 0.6) is 0 Å². The van der Waals surface area contributed by atoms with E-state index in [2.05, 4.69) is 67.0 Å². The third-order valence-corrected chi connectivity index (χ3v) is 12.9. The van der Waals surface area contributed by atoms with Crippen LogP contribution in [0.25, 0.3) is 11.3 Å². The molecule has 4 aliphatic heterocycles. The molecule has 5 aliphatic rings. The molecule has 9 rings (SSSR count). The molecule has 2 aromatic carbocycles. The van der Waals surface area contributed by atoms with Crippen LogP contribution in [0.2, 0.25) is 5.02 Å². The fourth-order valence-corrected chi connectivity index (χ4v) is 8.99. The maximum Gasteiger partial charge on any atom is 0.249 e. The SMILES string of the molecule is CN1CCC(c2ccc(NC3CCC(=O)NC3=O)cc2)CC1.O=CCN1CCC2(CC1)CCN(c1cncc(Nc3ncc(Cl)c(-c4cccc(C5CC5)c4)n3)c1)C2=O. The summed E-state index contributed by atoms with van der Waals surface area (Å²) in [7, 11) is 2.17. The summed E-state index contributed by atoms with van der Waals surface area (Å²) < 4.78 is 0. The molecule has 13 nitrogen and oxygen atoms in total. The van der Waals surface area contributed by atoms with Gasteiger partial charge >= 0.3 is 0 Å². The molecular weight excluding hydrogens is 766 g/mol. The van der Waals surface area contributed by atoms with E-state index in [0.717, 1.165) is 68.7 Å². The van der Waals surface area contributed by atoms with Crippen molar-refractivity contribution in [3.8, 4) is 11.3 Å². The number of piperidine rings is 3. The zero-order valence-corrected chi connectivity index (χ0v) is 34.3. The Morgan fingerprint density at radius 1 is 0.847 bits per heavy atom. The molecule has 1 aliphatic carbocycles. The fraction of sp³-hybridized carbons (Fsp3) is 0.444. The van der Waals surface area contributed by atoms with Crippen LogP contribution in [0.3, 0.4) is 0 Å². The topological polar surface area (TPSA) is 153 Å². The molecule has 1 atom stereocenters. The van der Waals surface area contributed by atoms with Gasteiger partial charge < -0.3 is 25.2 Å². The Hall–Kier alpha value is -5.24. The number of hydrogen-bond acceptors (Lipinski definition) is 11. The standard InChI is InChI=1S/C28H29ClN6O2.C17H23N3O2/c29-24-18-31-27(33-25(24)21-3-1-2-20(14-21)19-4-5-19)32-22-15-23(17-30-16-22)35-11-8-28(26(35)37)6-9-34(10-7-28)12-13-36;1-20-10-8-13(9-11-20)12-2-4-14(5-3-12)18-15-6-7-16(21)19-17(15)22/h1-3,13-19H,4-12H2,(H,31,32,33);2-5,13,15,18H,6-11H2,1H3,(H,19,21,22). The average molecular weight is 818 g/mol. The number of amides is 3.